The second kappa shape index (κ2) is 6.26. The molecule has 4 rings (SSSR count). The van der Waals surface area contributed by atoms with E-state index < -0.39 is 0 Å². The maximum absolute atomic E-state index is 4.34. The molecule has 0 heteroatoms. The Labute approximate surface area is 145 Å². The Hall–Kier alpha value is -0.780. The summed E-state index contributed by atoms with van der Waals surface area (Å²) in [5, 5.41) is 0. The smallest absolute Gasteiger partial charge is 0.0163 e. The second-order valence-corrected chi connectivity index (χ2v) is 8.31. The van der Waals surface area contributed by atoms with Crippen molar-refractivity contribution < 1.29 is 0 Å². The third-order valence-electron chi connectivity index (χ3n) is 8.21. The number of hydrogen-bond acceptors (Lipinski definition) is 0. The summed E-state index contributed by atoms with van der Waals surface area (Å²) in [6.07, 6.45) is 9.35. The summed E-state index contributed by atoms with van der Waals surface area (Å²) in [7, 11) is 0. The van der Waals surface area contributed by atoms with Crippen LogP contribution in [0.15, 0.2) is 37.5 Å². The molecule has 0 radical (unpaired) electrons. The van der Waals surface area contributed by atoms with E-state index >= 15 is 0 Å². The van der Waals surface area contributed by atoms with E-state index in [1.807, 2.05) is 13.8 Å². The topological polar surface area (TPSA) is 0 Å². The summed E-state index contributed by atoms with van der Waals surface area (Å²) >= 11 is 0. The van der Waals surface area contributed by atoms with Gasteiger partial charge in [0, 0.05) is 0 Å². The van der Waals surface area contributed by atoms with Gasteiger partial charge in [0.05, 0.1) is 0 Å². The zero-order valence-electron chi connectivity index (χ0n) is 16.4. The van der Waals surface area contributed by atoms with Crippen molar-refractivity contribution in [3.05, 3.63) is 37.5 Å². The predicted molar refractivity (Wildman–Crippen MR) is 103 cm³/mol. The Balaban J connectivity index is 0.000000448. The van der Waals surface area contributed by atoms with Crippen molar-refractivity contribution in [2.45, 2.75) is 60.8 Å². The number of fused-ring (bicyclic) bond motifs is 8. The molecule has 3 fully saturated rings. The quantitative estimate of drug-likeness (QED) is 0.486. The van der Waals surface area contributed by atoms with Gasteiger partial charge in [0.1, 0.15) is 0 Å². The highest BCUT2D eigenvalue weighted by molar-refractivity contribution is 5.35. The zero-order valence-corrected chi connectivity index (χ0v) is 16.4. The zero-order chi connectivity index (χ0) is 17.6. The normalized spacial score (nSPS) is 50.7. The minimum Gasteiger partial charge on any atom is -0.106 e. The highest BCUT2D eigenvalue weighted by Crippen LogP contribution is 2.84. The molecule has 0 amide bonds. The third kappa shape index (κ3) is 1.96. The summed E-state index contributed by atoms with van der Waals surface area (Å²) in [5.74, 6) is 5.41. The van der Waals surface area contributed by atoms with Gasteiger partial charge in [0.2, 0.25) is 0 Å². The van der Waals surface area contributed by atoms with E-state index in [4.69, 9.17) is 0 Å². The van der Waals surface area contributed by atoms with Crippen LogP contribution in [0.25, 0.3) is 0 Å². The predicted octanol–water partition coefficient (Wildman–Crippen LogP) is 6.90. The van der Waals surface area contributed by atoms with Crippen molar-refractivity contribution >= 4 is 0 Å². The lowest BCUT2D eigenvalue weighted by molar-refractivity contribution is -0.204. The molecule has 130 valence electrons. The van der Waals surface area contributed by atoms with Crippen LogP contribution >= 0.6 is 0 Å². The number of hydrogen-bond donors (Lipinski definition) is 0. The van der Waals surface area contributed by atoms with Gasteiger partial charge >= 0.3 is 0 Å². The van der Waals surface area contributed by atoms with Crippen molar-refractivity contribution in [2.75, 3.05) is 0 Å². The molecule has 8 unspecified atom stereocenters. The van der Waals surface area contributed by atoms with Crippen LogP contribution < -0.4 is 0 Å². The highest BCUT2D eigenvalue weighted by atomic mass is 14.8. The summed E-state index contributed by atoms with van der Waals surface area (Å²) < 4.78 is 0. The first-order chi connectivity index (χ1) is 11.0. The first-order valence-electron chi connectivity index (χ1n) is 9.80. The van der Waals surface area contributed by atoms with E-state index in [1.165, 1.54) is 24.8 Å². The van der Waals surface area contributed by atoms with Gasteiger partial charge in [-0.3, -0.25) is 0 Å². The van der Waals surface area contributed by atoms with E-state index in [9.17, 15) is 0 Å². The molecule has 0 saturated heterocycles. The molecular formula is C23H38. The minimum atomic E-state index is 0.574. The Morgan fingerprint density at radius 3 is 1.91 bits per heavy atom. The Bertz CT molecular complexity index is 486. The van der Waals surface area contributed by atoms with Gasteiger partial charge in [0.25, 0.3) is 0 Å². The molecular weight excluding hydrogens is 276 g/mol. The van der Waals surface area contributed by atoms with Crippen LogP contribution in [0.5, 0.6) is 0 Å². The summed E-state index contributed by atoms with van der Waals surface area (Å²) in [4.78, 5) is 0. The van der Waals surface area contributed by atoms with Crippen LogP contribution in [0.4, 0.5) is 0 Å². The van der Waals surface area contributed by atoms with Crippen molar-refractivity contribution in [3.8, 4) is 0 Å². The van der Waals surface area contributed by atoms with Gasteiger partial charge in [-0.05, 0) is 66.1 Å². The minimum absolute atomic E-state index is 0.574. The SMILES string of the molecule is C=C.C=C(C)C1CC(CC)C2C1C1(C)C3C=CC(C3)C21C.CC. The van der Waals surface area contributed by atoms with E-state index in [0.717, 1.165) is 35.5 Å². The van der Waals surface area contributed by atoms with Crippen molar-refractivity contribution in [1.82, 2.24) is 0 Å². The van der Waals surface area contributed by atoms with E-state index in [0.29, 0.717) is 10.8 Å². The molecule has 3 saturated carbocycles. The van der Waals surface area contributed by atoms with Crippen LogP contribution in [-0.4, -0.2) is 0 Å². The molecule has 4 aliphatic carbocycles. The number of rotatable bonds is 2. The average molecular weight is 315 g/mol. The maximum atomic E-state index is 4.34. The molecule has 0 spiro atoms. The first kappa shape index (κ1) is 18.6. The van der Waals surface area contributed by atoms with Crippen LogP contribution in [-0.2, 0) is 0 Å². The van der Waals surface area contributed by atoms with Crippen LogP contribution in [0.1, 0.15) is 60.8 Å². The van der Waals surface area contributed by atoms with E-state index in [2.05, 4.69) is 59.6 Å². The Morgan fingerprint density at radius 2 is 1.48 bits per heavy atom. The summed E-state index contributed by atoms with van der Waals surface area (Å²) in [6.45, 7) is 24.3. The monoisotopic (exact) mass is 314 g/mol. The highest BCUT2D eigenvalue weighted by Gasteiger charge is 2.79. The van der Waals surface area contributed by atoms with Crippen molar-refractivity contribution in [2.24, 2.45) is 46.3 Å². The molecule has 2 bridgehead atoms. The van der Waals surface area contributed by atoms with Gasteiger partial charge < -0.3 is 0 Å². The lowest BCUT2D eigenvalue weighted by Gasteiger charge is -2.69. The van der Waals surface area contributed by atoms with Gasteiger partial charge in [-0.15, -0.1) is 13.2 Å². The molecule has 0 N–H and O–H groups in total. The van der Waals surface area contributed by atoms with Crippen molar-refractivity contribution in [1.29, 1.82) is 0 Å². The standard InChI is InChI=1S/C19H28.C2H6.C2H4/c1-6-12-9-15(11(2)3)17-16(12)18(4)13-7-8-14(10-13)19(17,18)5;2*1-2/h7-8,12-17H,2,6,9-10H2,1,3-5H3;1-2H3;1-2H2. The van der Waals surface area contributed by atoms with Gasteiger partial charge in [-0.2, -0.15) is 0 Å². The Kier molecular flexibility index (Phi) is 5.05. The van der Waals surface area contributed by atoms with E-state index in [-0.39, 0.29) is 0 Å². The molecule has 0 aromatic rings. The van der Waals surface area contributed by atoms with Crippen LogP contribution in [0, 0.1) is 46.3 Å². The lowest BCUT2D eigenvalue weighted by Crippen LogP contribution is -2.65. The molecule has 4 aliphatic rings. The van der Waals surface area contributed by atoms with Crippen LogP contribution in [0.3, 0.4) is 0 Å². The fraction of sp³-hybridized carbons (Fsp3) is 0.739. The van der Waals surface area contributed by atoms with Gasteiger partial charge in [-0.1, -0.05) is 65.3 Å². The lowest BCUT2D eigenvalue weighted by atomic mass is 9.35. The summed E-state index contributed by atoms with van der Waals surface area (Å²) in [5.41, 5.74) is 2.63. The molecule has 0 aliphatic heterocycles. The number of allylic oxidation sites excluding steroid dienone is 3. The average Bonchev–Trinajstić information content (AvgIpc) is 3.24. The Morgan fingerprint density at radius 1 is 1.00 bits per heavy atom. The maximum Gasteiger partial charge on any atom is -0.0163 e. The fourth-order valence-electron chi connectivity index (χ4n) is 7.25. The van der Waals surface area contributed by atoms with Crippen LogP contribution in [0.2, 0.25) is 0 Å². The van der Waals surface area contributed by atoms with Gasteiger partial charge in [0.15, 0.2) is 0 Å². The fourth-order valence-corrected chi connectivity index (χ4v) is 7.25. The summed E-state index contributed by atoms with van der Waals surface area (Å²) in [6, 6.07) is 0. The first-order valence-corrected chi connectivity index (χ1v) is 9.80. The molecule has 23 heavy (non-hydrogen) atoms. The second-order valence-electron chi connectivity index (χ2n) is 8.31. The molecule has 0 aromatic carbocycles. The van der Waals surface area contributed by atoms with Crippen molar-refractivity contribution in [3.63, 3.8) is 0 Å². The largest absolute Gasteiger partial charge is 0.106 e. The van der Waals surface area contributed by atoms with E-state index in [1.54, 1.807) is 0 Å². The molecule has 0 aromatic heterocycles. The molecule has 0 heterocycles. The molecule has 0 nitrogen and oxygen atoms in total. The third-order valence-corrected chi connectivity index (χ3v) is 8.21. The van der Waals surface area contributed by atoms with Gasteiger partial charge in [-0.25, -0.2) is 0 Å². The molecule has 8 atom stereocenters.